The fourth-order valence-corrected chi connectivity index (χ4v) is 2.75. The highest BCUT2D eigenvalue weighted by Gasteiger charge is 2.21. The number of carbonyl (C=O) groups is 2. The number of amides is 1. The summed E-state index contributed by atoms with van der Waals surface area (Å²) in [5, 5.41) is 14.3. The smallest absolute Gasteiger partial charge is 0.305 e. The molecule has 0 saturated carbocycles. The van der Waals surface area contributed by atoms with Gasteiger partial charge in [-0.3, -0.25) is 9.59 Å². The fraction of sp³-hybridized carbons (Fsp3) is 0.294. The molecule has 1 aromatic carbocycles. The number of fused-ring (bicyclic) bond motifs is 1. The standard InChI is InChI=1S/C17H18N4O3/c22-15(23)5-6-18-16(24)13-9-19-17(20-10-13)21-14-7-11-3-1-2-4-12(11)8-14/h1-4,9-10,14H,5-8H2,(H,18,24)(H,22,23)(H,19,20,21). The predicted octanol–water partition coefficient (Wildman–Crippen LogP) is 1.26. The van der Waals surface area contributed by atoms with Gasteiger partial charge >= 0.3 is 5.97 Å². The van der Waals surface area contributed by atoms with Crippen LogP contribution in [0.3, 0.4) is 0 Å². The second kappa shape index (κ2) is 7.08. The SMILES string of the molecule is O=C(O)CCNC(=O)c1cnc(NC2Cc3ccccc3C2)nc1. The van der Waals surface area contributed by atoms with E-state index in [0.29, 0.717) is 11.5 Å². The van der Waals surface area contributed by atoms with E-state index in [1.165, 1.54) is 23.5 Å². The summed E-state index contributed by atoms with van der Waals surface area (Å²) in [4.78, 5) is 30.6. The van der Waals surface area contributed by atoms with Gasteiger partial charge in [0.05, 0.1) is 12.0 Å². The van der Waals surface area contributed by atoms with Crippen molar-refractivity contribution in [3.63, 3.8) is 0 Å². The van der Waals surface area contributed by atoms with Crippen molar-refractivity contribution in [2.24, 2.45) is 0 Å². The molecule has 2 aromatic rings. The molecule has 7 nitrogen and oxygen atoms in total. The van der Waals surface area contributed by atoms with Crippen LogP contribution in [0.2, 0.25) is 0 Å². The predicted molar refractivity (Wildman–Crippen MR) is 87.9 cm³/mol. The third kappa shape index (κ3) is 3.87. The maximum absolute atomic E-state index is 11.8. The zero-order valence-electron chi connectivity index (χ0n) is 13.0. The van der Waals surface area contributed by atoms with Crippen molar-refractivity contribution >= 4 is 17.8 Å². The molecule has 0 atom stereocenters. The number of carboxylic acids is 1. The molecule has 1 amide bonds. The molecular formula is C17H18N4O3. The van der Waals surface area contributed by atoms with Crippen molar-refractivity contribution < 1.29 is 14.7 Å². The molecule has 0 spiro atoms. The molecule has 0 saturated heterocycles. The van der Waals surface area contributed by atoms with E-state index in [2.05, 4.69) is 32.7 Å². The summed E-state index contributed by atoms with van der Waals surface area (Å²) in [7, 11) is 0. The van der Waals surface area contributed by atoms with Gasteiger partial charge in [0.2, 0.25) is 5.95 Å². The topological polar surface area (TPSA) is 104 Å². The van der Waals surface area contributed by atoms with Crippen LogP contribution in [0.15, 0.2) is 36.7 Å². The van der Waals surface area contributed by atoms with Gasteiger partial charge in [0.25, 0.3) is 5.91 Å². The van der Waals surface area contributed by atoms with E-state index in [1.807, 2.05) is 12.1 Å². The van der Waals surface area contributed by atoms with Crippen LogP contribution in [0, 0.1) is 0 Å². The van der Waals surface area contributed by atoms with Crippen LogP contribution < -0.4 is 10.6 Å². The van der Waals surface area contributed by atoms with Crippen molar-refractivity contribution in [3.05, 3.63) is 53.3 Å². The Kier molecular flexibility index (Phi) is 4.69. The van der Waals surface area contributed by atoms with Gasteiger partial charge in [0, 0.05) is 25.0 Å². The monoisotopic (exact) mass is 326 g/mol. The van der Waals surface area contributed by atoms with E-state index in [9.17, 15) is 9.59 Å². The zero-order chi connectivity index (χ0) is 16.9. The number of nitrogens with zero attached hydrogens (tertiary/aromatic N) is 2. The lowest BCUT2D eigenvalue weighted by Gasteiger charge is -2.11. The lowest BCUT2D eigenvalue weighted by atomic mass is 10.1. The molecule has 3 N–H and O–H groups in total. The second-order valence-corrected chi connectivity index (χ2v) is 5.71. The third-order valence-electron chi connectivity index (χ3n) is 3.92. The van der Waals surface area contributed by atoms with Gasteiger partial charge in [-0.25, -0.2) is 9.97 Å². The van der Waals surface area contributed by atoms with Crippen LogP contribution in [-0.2, 0) is 17.6 Å². The van der Waals surface area contributed by atoms with Crippen LogP contribution in [0.25, 0.3) is 0 Å². The lowest BCUT2D eigenvalue weighted by Crippen LogP contribution is -2.26. The van der Waals surface area contributed by atoms with Gasteiger partial charge in [-0.1, -0.05) is 24.3 Å². The number of carbonyl (C=O) groups excluding carboxylic acids is 1. The Bertz CT molecular complexity index is 721. The first-order valence-corrected chi connectivity index (χ1v) is 7.77. The van der Waals surface area contributed by atoms with Gasteiger partial charge in [0.15, 0.2) is 0 Å². The summed E-state index contributed by atoms with van der Waals surface area (Å²) in [6.07, 6.45) is 4.61. The minimum Gasteiger partial charge on any atom is -0.481 e. The normalized spacial score (nSPS) is 13.3. The molecule has 1 aromatic heterocycles. The molecule has 1 heterocycles. The maximum Gasteiger partial charge on any atom is 0.305 e. The van der Waals surface area contributed by atoms with Crippen LogP contribution in [0.1, 0.15) is 27.9 Å². The van der Waals surface area contributed by atoms with E-state index >= 15 is 0 Å². The summed E-state index contributed by atoms with van der Waals surface area (Å²) in [6, 6.07) is 8.58. The Hall–Kier alpha value is -2.96. The summed E-state index contributed by atoms with van der Waals surface area (Å²) in [6.45, 7) is 0.0779. The van der Waals surface area contributed by atoms with Crippen LogP contribution in [0.4, 0.5) is 5.95 Å². The average molecular weight is 326 g/mol. The molecule has 1 aliphatic rings. The molecular weight excluding hydrogens is 308 g/mol. The number of anilines is 1. The zero-order valence-corrected chi connectivity index (χ0v) is 13.0. The van der Waals surface area contributed by atoms with Crippen LogP contribution >= 0.6 is 0 Å². The first-order valence-electron chi connectivity index (χ1n) is 7.77. The van der Waals surface area contributed by atoms with Crippen molar-refractivity contribution in [2.75, 3.05) is 11.9 Å². The van der Waals surface area contributed by atoms with Gasteiger partial charge in [0.1, 0.15) is 0 Å². The molecule has 3 rings (SSSR count). The number of benzene rings is 1. The molecule has 7 heteroatoms. The Morgan fingerprint density at radius 1 is 1.12 bits per heavy atom. The summed E-state index contributed by atoms with van der Waals surface area (Å²) in [5.74, 6) is -0.852. The number of carboxylic acid groups (broad SMARTS) is 1. The van der Waals surface area contributed by atoms with Gasteiger partial charge in [-0.2, -0.15) is 0 Å². The number of aliphatic carboxylic acids is 1. The Morgan fingerprint density at radius 2 is 1.75 bits per heavy atom. The minimum absolute atomic E-state index is 0.0779. The van der Waals surface area contributed by atoms with Crippen LogP contribution in [0.5, 0.6) is 0 Å². The molecule has 1 aliphatic carbocycles. The minimum atomic E-state index is -0.955. The summed E-state index contributed by atoms with van der Waals surface area (Å²) in [5.41, 5.74) is 2.98. The van der Waals surface area contributed by atoms with E-state index in [-0.39, 0.29) is 24.9 Å². The van der Waals surface area contributed by atoms with Crippen molar-refractivity contribution in [2.45, 2.75) is 25.3 Å². The van der Waals surface area contributed by atoms with Gasteiger partial charge < -0.3 is 15.7 Å². The quantitative estimate of drug-likeness (QED) is 0.738. The van der Waals surface area contributed by atoms with Crippen LogP contribution in [-0.4, -0.2) is 39.5 Å². The Balaban J connectivity index is 1.54. The van der Waals surface area contributed by atoms with E-state index in [1.54, 1.807) is 0 Å². The number of nitrogens with one attached hydrogen (secondary N) is 2. The molecule has 0 unspecified atom stereocenters. The second-order valence-electron chi connectivity index (χ2n) is 5.71. The molecule has 0 fully saturated rings. The maximum atomic E-state index is 11.8. The Labute approximate surface area is 139 Å². The molecule has 0 radical (unpaired) electrons. The largest absolute Gasteiger partial charge is 0.481 e. The highest BCUT2D eigenvalue weighted by molar-refractivity contribution is 5.93. The highest BCUT2D eigenvalue weighted by atomic mass is 16.4. The fourth-order valence-electron chi connectivity index (χ4n) is 2.75. The Morgan fingerprint density at radius 3 is 2.33 bits per heavy atom. The van der Waals surface area contributed by atoms with Gasteiger partial charge in [-0.15, -0.1) is 0 Å². The molecule has 124 valence electrons. The van der Waals surface area contributed by atoms with Crippen molar-refractivity contribution in [1.29, 1.82) is 0 Å². The highest BCUT2D eigenvalue weighted by Crippen LogP contribution is 2.23. The average Bonchev–Trinajstić information content (AvgIpc) is 2.97. The third-order valence-corrected chi connectivity index (χ3v) is 3.92. The summed E-state index contributed by atoms with van der Waals surface area (Å²) < 4.78 is 0. The van der Waals surface area contributed by atoms with E-state index in [0.717, 1.165) is 12.8 Å². The van der Waals surface area contributed by atoms with E-state index in [4.69, 9.17) is 5.11 Å². The lowest BCUT2D eigenvalue weighted by molar-refractivity contribution is -0.136. The number of rotatable bonds is 6. The summed E-state index contributed by atoms with van der Waals surface area (Å²) >= 11 is 0. The molecule has 0 bridgehead atoms. The molecule has 24 heavy (non-hydrogen) atoms. The number of hydrogen-bond donors (Lipinski definition) is 3. The first-order chi connectivity index (χ1) is 11.6. The number of hydrogen-bond acceptors (Lipinski definition) is 5. The van der Waals surface area contributed by atoms with E-state index < -0.39 is 5.97 Å². The first kappa shape index (κ1) is 15.9. The van der Waals surface area contributed by atoms with Crippen molar-refractivity contribution in [3.8, 4) is 0 Å². The molecule has 0 aliphatic heterocycles. The van der Waals surface area contributed by atoms with Gasteiger partial charge in [-0.05, 0) is 24.0 Å². The van der Waals surface area contributed by atoms with Crippen molar-refractivity contribution in [1.82, 2.24) is 15.3 Å². The number of aromatic nitrogens is 2.